The lowest BCUT2D eigenvalue weighted by Crippen LogP contribution is -2.01. The summed E-state index contributed by atoms with van der Waals surface area (Å²) in [5.74, 6) is 0.448. The van der Waals surface area contributed by atoms with Crippen LogP contribution in [0.4, 0.5) is 5.69 Å². The molecule has 0 saturated heterocycles. The van der Waals surface area contributed by atoms with Crippen molar-refractivity contribution in [2.24, 2.45) is 0 Å². The van der Waals surface area contributed by atoms with Crippen LogP contribution in [0.15, 0.2) is 53.4 Å². The summed E-state index contributed by atoms with van der Waals surface area (Å²) in [7, 11) is -3.29. The van der Waals surface area contributed by atoms with Gasteiger partial charge in [0.05, 0.1) is 4.90 Å². The molecule has 5 heteroatoms. The number of benzene rings is 2. The molecule has 0 aliphatic carbocycles. The second-order valence-corrected chi connectivity index (χ2v) is 6.30. The first-order valence-electron chi connectivity index (χ1n) is 5.72. The number of sulfone groups is 1. The van der Waals surface area contributed by atoms with Crippen molar-refractivity contribution in [3.05, 3.63) is 54.1 Å². The molecule has 2 aromatic rings. The minimum absolute atomic E-state index is 0.163. The molecule has 0 spiro atoms. The average molecular weight is 277 g/mol. The topological polar surface area (TPSA) is 69.4 Å². The predicted molar refractivity (Wildman–Crippen MR) is 74.7 cm³/mol. The van der Waals surface area contributed by atoms with Crippen LogP contribution >= 0.6 is 0 Å². The standard InChI is InChI=1S/C14H15NO3S/c1-19(16,17)14-8-12(15)7-13(9-14)18-10-11-5-3-2-4-6-11/h2-9H,10,15H2,1H3. The largest absolute Gasteiger partial charge is 0.489 e. The van der Waals surface area contributed by atoms with Crippen molar-refractivity contribution < 1.29 is 13.2 Å². The highest BCUT2D eigenvalue weighted by Crippen LogP contribution is 2.23. The minimum Gasteiger partial charge on any atom is -0.489 e. The van der Waals surface area contributed by atoms with Crippen LogP contribution in [-0.4, -0.2) is 14.7 Å². The molecule has 0 saturated carbocycles. The van der Waals surface area contributed by atoms with E-state index in [1.54, 1.807) is 6.07 Å². The summed E-state index contributed by atoms with van der Waals surface area (Å²) >= 11 is 0. The summed E-state index contributed by atoms with van der Waals surface area (Å²) in [4.78, 5) is 0.163. The van der Waals surface area contributed by atoms with Crippen molar-refractivity contribution in [2.75, 3.05) is 12.0 Å². The molecule has 0 heterocycles. The van der Waals surface area contributed by atoms with E-state index < -0.39 is 9.84 Å². The molecule has 0 atom stereocenters. The second-order valence-electron chi connectivity index (χ2n) is 4.28. The number of hydrogen-bond donors (Lipinski definition) is 1. The Morgan fingerprint density at radius 2 is 1.79 bits per heavy atom. The minimum atomic E-state index is -3.29. The van der Waals surface area contributed by atoms with Crippen LogP contribution in [0.1, 0.15) is 5.56 Å². The van der Waals surface area contributed by atoms with E-state index in [1.807, 2.05) is 30.3 Å². The SMILES string of the molecule is CS(=O)(=O)c1cc(N)cc(OCc2ccccc2)c1. The molecule has 4 nitrogen and oxygen atoms in total. The van der Waals surface area contributed by atoms with Gasteiger partial charge in [-0.1, -0.05) is 30.3 Å². The van der Waals surface area contributed by atoms with Crippen LogP contribution < -0.4 is 10.5 Å². The zero-order valence-corrected chi connectivity index (χ0v) is 11.4. The highest BCUT2D eigenvalue weighted by Gasteiger charge is 2.10. The van der Waals surface area contributed by atoms with Gasteiger partial charge in [0.1, 0.15) is 12.4 Å². The summed E-state index contributed by atoms with van der Waals surface area (Å²) in [5.41, 5.74) is 7.05. The van der Waals surface area contributed by atoms with Gasteiger partial charge in [-0.3, -0.25) is 0 Å². The summed E-state index contributed by atoms with van der Waals surface area (Å²) in [6, 6.07) is 14.1. The highest BCUT2D eigenvalue weighted by molar-refractivity contribution is 7.90. The first kappa shape index (κ1) is 13.4. The third-order valence-corrected chi connectivity index (χ3v) is 3.67. The number of nitrogen functional groups attached to an aromatic ring is 1. The number of anilines is 1. The van der Waals surface area contributed by atoms with Crippen molar-refractivity contribution in [2.45, 2.75) is 11.5 Å². The molecule has 2 aromatic carbocycles. The van der Waals surface area contributed by atoms with Crippen molar-refractivity contribution >= 4 is 15.5 Å². The Kier molecular flexibility index (Phi) is 3.76. The molecule has 100 valence electrons. The lowest BCUT2D eigenvalue weighted by molar-refractivity contribution is 0.305. The van der Waals surface area contributed by atoms with E-state index in [2.05, 4.69) is 0 Å². The molecule has 0 bridgehead atoms. The van der Waals surface area contributed by atoms with Gasteiger partial charge in [0.25, 0.3) is 0 Å². The van der Waals surface area contributed by atoms with Crippen LogP contribution in [0.2, 0.25) is 0 Å². The van der Waals surface area contributed by atoms with Crippen LogP contribution in [0.3, 0.4) is 0 Å². The Morgan fingerprint density at radius 1 is 1.11 bits per heavy atom. The van der Waals surface area contributed by atoms with Gasteiger partial charge in [0.2, 0.25) is 0 Å². The quantitative estimate of drug-likeness (QED) is 0.870. The lowest BCUT2D eigenvalue weighted by Gasteiger charge is -2.09. The lowest BCUT2D eigenvalue weighted by atomic mass is 10.2. The fraction of sp³-hybridized carbons (Fsp3) is 0.143. The van der Waals surface area contributed by atoms with E-state index >= 15 is 0 Å². The zero-order valence-electron chi connectivity index (χ0n) is 10.5. The maximum atomic E-state index is 11.5. The van der Waals surface area contributed by atoms with E-state index in [4.69, 9.17) is 10.5 Å². The third-order valence-electron chi connectivity index (χ3n) is 2.58. The van der Waals surface area contributed by atoms with Gasteiger partial charge >= 0.3 is 0 Å². The Bertz CT molecular complexity index is 666. The first-order chi connectivity index (χ1) is 8.95. The summed E-state index contributed by atoms with van der Waals surface area (Å²) in [5, 5.41) is 0. The van der Waals surface area contributed by atoms with Gasteiger partial charge in [-0.2, -0.15) is 0 Å². The maximum absolute atomic E-state index is 11.5. The Morgan fingerprint density at radius 3 is 2.42 bits per heavy atom. The fourth-order valence-corrected chi connectivity index (χ4v) is 2.31. The Hall–Kier alpha value is -2.01. The van der Waals surface area contributed by atoms with Crippen LogP contribution in [0, 0.1) is 0 Å². The van der Waals surface area contributed by atoms with Crippen LogP contribution in [0.5, 0.6) is 5.75 Å². The molecule has 2 rings (SSSR count). The molecule has 0 amide bonds. The van der Waals surface area contributed by atoms with Gasteiger partial charge in [-0.05, 0) is 17.7 Å². The molecule has 0 aliphatic heterocycles. The summed E-state index contributed by atoms with van der Waals surface area (Å²) < 4.78 is 28.6. The normalized spacial score (nSPS) is 11.2. The van der Waals surface area contributed by atoms with Crippen LogP contribution in [0.25, 0.3) is 0 Å². The average Bonchev–Trinajstić information content (AvgIpc) is 2.36. The first-order valence-corrected chi connectivity index (χ1v) is 7.61. The van der Waals surface area contributed by atoms with Gasteiger partial charge in [0.15, 0.2) is 9.84 Å². The number of ether oxygens (including phenoxy) is 1. The van der Waals surface area contributed by atoms with Crippen molar-refractivity contribution in [1.82, 2.24) is 0 Å². The summed E-state index contributed by atoms with van der Waals surface area (Å²) in [6.45, 7) is 0.369. The van der Waals surface area contributed by atoms with E-state index in [9.17, 15) is 8.42 Å². The van der Waals surface area contributed by atoms with Crippen molar-refractivity contribution in [1.29, 1.82) is 0 Å². The van der Waals surface area contributed by atoms with Crippen LogP contribution in [-0.2, 0) is 16.4 Å². The monoisotopic (exact) mass is 277 g/mol. The Labute approximate surface area is 112 Å². The van der Waals surface area contributed by atoms with E-state index in [0.29, 0.717) is 18.0 Å². The second kappa shape index (κ2) is 5.32. The predicted octanol–water partition coefficient (Wildman–Crippen LogP) is 2.25. The third kappa shape index (κ3) is 3.72. The smallest absolute Gasteiger partial charge is 0.175 e. The maximum Gasteiger partial charge on any atom is 0.175 e. The molecule has 0 aromatic heterocycles. The zero-order chi connectivity index (χ0) is 13.9. The molecule has 0 unspecified atom stereocenters. The molecule has 0 radical (unpaired) electrons. The molecular weight excluding hydrogens is 262 g/mol. The summed E-state index contributed by atoms with van der Waals surface area (Å²) in [6.07, 6.45) is 1.14. The number of rotatable bonds is 4. The van der Waals surface area contributed by atoms with Gasteiger partial charge in [0, 0.05) is 18.0 Å². The molecular formula is C14H15NO3S. The van der Waals surface area contributed by atoms with Gasteiger partial charge in [-0.15, -0.1) is 0 Å². The van der Waals surface area contributed by atoms with Gasteiger partial charge < -0.3 is 10.5 Å². The molecule has 19 heavy (non-hydrogen) atoms. The molecule has 0 fully saturated rings. The van der Waals surface area contributed by atoms with Crippen molar-refractivity contribution in [3.63, 3.8) is 0 Å². The molecule has 0 aliphatic rings. The fourth-order valence-electron chi connectivity index (χ4n) is 1.63. The number of nitrogens with two attached hydrogens (primary N) is 1. The van der Waals surface area contributed by atoms with Crippen molar-refractivity contribution in [3.8, 4) is 5.75 Å². The molecule has 2 N–H and O–H groups in total. The van der Waals surface area contributed by atoms with E-state index in [-0.39, 0.29) is 4.90 Å². The van der Waals surface area contributed by atoms with E-state index in [0.717, 1.165) is 11.8 Å². The Balaban J connectivity index is 2.19. The number of hydrogen-bond acceptors (Lipinski definition) is 4. The highest BCUT2D eigenvalue weighted by atomic mass is 32.2. The van der Waals surface area contributed by atoms with E-state index in [1.165, 1.54) is 12.1 Å². The van der Waals surface area contributed by atoms with Gasteiger partial charge in [-0.25, -0.2) is 8.42 Å².